The van der Waals surface area contributed by atoms with Gasteiger partial charge in [0.25, 0.3) is 0 Å². The van der Waals surface area contributed by atoms with Crippen LogP contribution in [0.15, 0.2) is 46.9 Å². The summed E-state index contributed by atoms with van der Waals surface area (Å²) in [6.45, 7) is 0.212. The molecule has 4 nitrogen and oxygen atoms in total. The minimum Gasteiger partial charge on any atom is -0.444 e. The molecule has 0 bridgehead atoms. The first-order chi connectivity index (χ1) is 10.6. The lowest BCUT2D eigenvalue weighted by atomic mass is 10.2. The summed E-state index contributed by atoms with van der Waals surface area (Å²) in [5, 5.41) is 3.61. The molecule has 0 radical (unpaired) electrons. The minimum absolute atomic E-state index is 0.212. The number of hydrogen-bond donors (Lipinski definition) is 1. The molecule has 1 heterocycles. The molecule has 2 aromatic carbocycles. The number of ether oxygens (including phenoxy) is 1. The molecular formula is C15H10BrClN2O2S. The van der Waals surface area contributed by atoms with Crippen molar-refractivity contribution in [3.8, 4) is 0 Å². The molecule has 22 heavy (non-hydrogen) atoms. The first-order valence-corrected chi connectivity index (χ1v) is 8.34. The van der Waals surface area contributed by atoms with Crippen molar-refractivity contribution in [1.29, 1.82) is 0 Å². The van der Waals surface area contributed by atoms with E-state index in [9.17, 15) is 4.79 Å². The number of benzene rings is 2. The topological polar surface area (TPSA) is 51.2 Å². The van der Waals surface area contributed by atoms with Crippen molar-refractivity contribution in [1.82, 2.24) is 4.98 Å². The van der Waals surface area contributed by atoms with Gasteiger partial charge in [0.15, 0.2) is 5.13 Å². The Bertz CT molecular complexity index is 823. The first-order valence-electron chi connectivity index (χ1n) is 6.35. The number of halogens is 2. The summed E-state index contributed by atoms with van der Waals surface area (Å²) in [4.78, 5) is 16.1. The lowest BCUT2D eigenvalue weighted by molar-refractivity contribution is 0.155. The average molecular weight is 398 g/mol. The van der Waals surface area contributed by atoms with Crippen LogP contribution in [-0.2, 0) is 11.3 Å². The van der Waals surface area contributed by atoms with Crippen LogP contribution in [0.3, 0.4) is 0 Å². The molecule has 0 saturated heterocycles. The Labute approximate surface area is 144 Å². The molecule has 7 heteroatoms. The summed E-state index contributed by atoms with van der Waals surface area (Å²) in [7, 11) is 0. The van der Waals surface area contributed by atoms with Crippen molar-refractivity contribution in [2.75, 3.05) is 5.32 Å². The van der Waals surface area contributed by atoms with Crippen LogP contribution in [-0.4, -0.2) is 11.1 Å². The number of rotatable bonds is 3. The van der Waals surface area contributed by atoms with Gasteiger partial charge in [-0.2, -0.15) is 0 Å². The Kier molecular flexibility index (Phi) is 4.61. The number of hydrogen-bond acceptors (Lipinski definition) is 4. The van der Waals surface area contributed by atoms with E-state index in [0.717, 1.165) is 14.7 Å². The summed E-state index contributed by atoms with van der Waals surface area (Å²) in [6.07, 6.45) is -0.543. The van der Waals surface area contributed by atoms with Gasteiger partial charge in [0.1, 0.15) is 12.1 Å². The number of carbonyl (C=O) groups is 1. The molecule has 0 aliphatic rings. The van der Waals surface area contributed by atoms with E-state index in [0.29, 0.717) is 15.7 Å². The Balaban J connectivity index is 1.68. The number of carbonyl (C=O) groups excluding carboxylic acids is 1. The van der Waals surface area contributed by atoms with Gasteiger partial charge in [0.2, 0.25) is 0 Å². The lowest BCUT2D eigenvalue weighted by Gasteiger charge is -2.04. The van der Waals surface area contributed by atoms with E-state index in [1.807, 2.05) is 36.4 Å². The molecular weight excluding hydrogens is 388 g/mol. The summed E-state index contributed by atoms with van der Waals surface area (Å²) < 4.78 is 6.91. The molecule has 0 fully saturated rings. The zero-order valence-corrected chi connectivity index (χ0v) is 14.3. The summed E-state index contributed by atoms with van der Waals surface area (Å²) in [5.74, 6) is 0. The fourth-order valence-corrected chi connectivity index (χ4v) is 3.83. The van der Waals surface area contributed by atoms with E-state index >= 15 is 0 Å². The third-order valence-corrected chi connectivity index (χ3v) is 4.50. The molecule has 0 unspecified atom stereocenters. The summed E-state index contributed by atoms with van der Waals surface area (Å²) in [6, 6.07) is 13.1. The highest BCUT2D eigenvalue weighted by atomic mass is 79.9. The van der Waals surface area contributed by atoms with E-state index < -0.39 is 6.09 Å². The van der Waals surface area contributed by atoms with E-state index in [1.165, 1.54) is 11.3 Å². The van der Waals surface area contributed by atoms with Crippen LogP contribution < -0.4 is 5.32 Å². The maximum atomic E-state index is 11.8. The largest absolute Gasteiger partial charge is 0.444 e. The predicted octanol–water partition coefficient (Wildman–Crippen LogP) is 5.46. The molecule has 1 amide bonds. The van der Waals surface area contributed by atoms with Crippen LogP contribution in [0.5, 0.6) is 0 Å². The van der Waals surface area contributed by atoms with Crippen LogP contribution >= 0.6 is 38.9 Å². The zero-order chi connectivity index (χ0) is 15.5. The highest BCUT2D eigenvalue weighted by molar-refractivity contribution is 9.10. The minimum atomic E-state index is -0.543. The molecule has 3 rings (SSSR count). The molecule has 0 spiro atoms. The second-order valence-corrected chi connectivity index (χ2v) is 6.79. The van der Waals surface area contributed by atoms with Crippen molar-refractivity contribution in [2.45, 2.75) is 6.61 Å². The summed E-state index contributed by atoms with van der Waals surface area (Å²) >= 11 is 10.8. The molecule has 0 saturated carbocycles. The Morgan fingerprint density at radius 2 is 2.09 bits per heavy atom. The number of amides is 1. The second-order valence-electron chi connectivity index (χ2n) is 4.44. The monoisotopic (exact) mass is 396 g/mol. The second kappa shape index (κ2) is 6.64. The molecule has 3 aromatic rings. The fraction of sp³-hybridized carbons (Fsp3) is 0.0667. The number of fused-ring (bicyclic) bond motifs is 1. The van der Waals surface area contributed by atoms with Crippen molar-refractivity contribution >= 4 is 60.3 Å². The fourth-order valence-electron chi connectivity index (χ4n) is 1.86. The molecule has 1 aromatic heterocycles. The van der Waals surface area contributed by atoms with Crippen molar-refractivity contribution in [2.24, 2.45) is 0 Å². The van der Waals surface area contributed by atoms with Crippen molar-refractivity contribution in [3.05, 3.63) is 57.5 Å². The SMILES string of the molecule is O=C(Nc1nc2c(Cl)cc(Br)cc2s1)OCc1ccccc1. The van der Waals surface area contributed by atoms with Crippen molar-refractivity contribution in [3.63, 3.8) is 0 Å². The normalized spacial score (nSPS) is 10.6. The highest BCUT2D eigenvalue weighted by Crippen LogP contribution is 2.33. The third-order valence-electron chi connectivity index (χ3n) is 2.83. The molecule has 112 valence electrons. The number of aromatic nitrogens is 1. The van der Waals surface area contributed by atoms with Gasteiger partial charge in [-0.15, -0.1) is 0 Å². The van der Waals surface area contributed by atoms with Crippen LogP contribution in [0.1, 0.15) is 5.56 Å². The Morgan fingerprint density at radius 1 is 1.32 bits per heavy atom. The van der Waals surface area contributed by atoms with Crippen LogP contribution in [0, 0.1) is 0 Å². The number of anilines is 1. The number of thiazole rings is 1. The van der Waals surface area contributed by atoms with Gasteiger partial charge in [-0.3, -0.25) is 5.32 Å². The first kappa shape index (κ1) is 15.3. The Hall–Kier alpha value is -1.63. The zero-order valence-electron chi connectivity index (χ0n) is 11.2. The van der Waals surface area contributed by atoms with Gasteiger partial charge < -0.3 is 4.74 Å². The lowest BCUT2D eigenvalue weighted by Crippen LogP contribution is -2.13. The molecule has 0 aliphatic heterocycles. The quantitative estimate of drug-likeness (QED) is 0.638. The maximum absolute atomic E-state index is 11.8. The van der Waals surface area contributed by atoms with Gasteiger partial charge in [0, 0.05) is 4.47 Å². The van der Waals surface area contributed by atoms with E-state index in [2.05, 4.69) is 26.2 Å². The van der Waals surface area contributed by atoms with E-state index in [-0.39, 0.29) is 6.61 Å². The van der Waals surface area contributed by atoms with Gasteiger partial charge in [-0.05, 0) is 17.7 Å². The standard InChI is InChI=1S/C15H10BrClN2O2S/c16-10-6-11(17)13-12(7-10)22-14(18-13)19-15(20)21-8-9-4-2-1-3-5-9/h1-7H,8H2,(H,18,19,20). The Morgan fingerprint density at radius 3 is 2.86 bits per heavy atom. The predicted molar refractivity (Wildman–Crippen MR) is 92.6 cm³/mol. The molecule has 0 atom stereocenters. The van der Waals surface area contributed by atoms with Gasteiger partial charge >= 0.3 is 6.09 Å². The van der Waals surface area contributed by atoms with Gasteiger partial charge in [-0.1, -0.05) is 69.2 Å². The summed E-state index contributed by atoms with van der Waals surface area (Å²) in [5.41, 5.74) is 1.59. The third kappa shape index (κ3) is 3.58. The van der Waals surface area contributed by atoms with Gasteiger partial charge in [0.05, 0.1) is 9.72 Å². The number of nitrogens with zero attached hydrogens (tertiary/aromatic N) is 1. The van der Waals surface area contributed by atoms with Crippen LogP contribution in [0.25, 0.3) is 10.2 Å². The van der Waals surface area contributed by atoms with E-state index in [4.69, 9.17) is 16.3 Å². The van der Waals surface area contributed by atoms with Crippen LogP contribution in [0.2, 0.25) is 5.02 Å². The molecule has 0 aliphatic carbocycles. The van der Waals surface area contributed by atoms with Crippen molar-refractivity contribution < 1.29 is 9.53 Å². The van der Waals surface area contributed by atoms with Gasteiger partial charge in [-0.25, -0.2) is 9.78 Å². The molecule has 1 N–H and O–H groups in total. The highest BCUT2D eigenvalue weighted by Gasteiger charge is 2.11. The van der Waals surface area contributed by atoms with E-state index in [1.54, 1.807) is 6.07 Å². The maximum Gasteiger partial charge on any atom is 0.413 e. The van der Waals surface area contributed by atoms with Crippen LogP contribution in [0.4, 0.5) is 9.93 Å². The number of nitrogens with one attached hydrogen (secondary N) is 1. The smallest absolute Gasteiger partial charge is 0.413 e. The average Bonchev–Trinajstić information content (AvgIpc) is 2.89.